The number of hydrogen-bond acceptors (Lipinski definition) is 4. The largest absolute Gasteiger partial charge is 0.457 e. The van der Waals surface area contributed by atoms with E-state index in [1.807, 2.05) is 66.7 Å². The van der Waals surface area contributed by atoms with E-state index in [-0.39, 0.29) is 0 Å². The second-order valence-electron chi connectivity index (χ2n) is 13.2. The fourth-order valence-electron chi connectivity index (χ4n) is 8.15. The number of para-hydroxylation sites is 2. The van der Waals surface area contributed by atoms with E-state index in [0.29, 0.717) is 11.4 Å². The van der Waals surface area contributed by atoms with Crippen molar-refractivity contribution in [1.29, 1.82) is 5.26 Å². The second kappa shape index (κ2) is 11.8. The van der Waals surface area contributed by atoms with Gasteiger partial charge in [-0.25, -0.2) is 9.97 Å². The van der Waals surface area contributed by atoms with Crippen LogP contribution in [0.3, 0.4) is 0 Å². The Kier molecular flexibility index (Phi) is 6.74. The molecule has 0 unspecified atom stereocenters. The zero-order chi connectivity index (χ0) is 34.6. The Balaban J connectivity index is 1.23. The zero-order valence-corrected chi connectivity index (χ0v) is 28.0. The Bertz CT molecular complexity index is 2630. The molecule has 0 radical (unpaired) electrons. The van der Waals surface area contributed by atoms with Crippen LogP contribution < -0.4 is 4.74 Å². The molecular formula is C48H29N3O. The maximum Gasteiger partial charge on any atom is 0.161 e. The normalized spacial score (nSPS) is 12.9. The average molecular weight is 664 g/mol. The van der Waals surface area contributed by atoms with Crippen LogP contribution in [0.15, 0.2) is 176 Å². The molecule has 0 bridgehead atoms. The van der Waals surface area contributed by atoms with Gasteiger partial charge in [0.15, 0.2) is 5.82 Å². The van der Waals surface area contributed by atoms with Gasteiger partial charge in [-0.15, -0.1) is 0 Å². The average Bonchev–Trinajstić information content (AvgIpc) is 3.50. The summed E-state index contributed by atoms with van der Waals surface area (Å²) in [6.07, 6.45) is 0. The molecule has 0 atom stereocenters. The molecule has 4 nitrogen and oxygen atoms in total. The van der Waals surface area contributed by atoms with Crippen molar-refractivity contribution in [3.8, 4) is 73.7 Å². The second-order valence-corrected chi connectivity index (χ2v) is 13.2. The molecule has 52 heavy (non-hydrogen) atoms. The van der Waals surface area contributed by atoms with Crippen LogP contribution in [0.25, 0.3) is 56.2 Å². The molecule has 0 fully saturated rings. The van der Waals surface area contributed by atoms with E-state index in [4.69, 9.17) is 14.7 Å². The number of ether oxygens (including phenoxy) is 1. The molecule has 0 amide bonds. The van der Waals surface area contributed by atoms with Gasteiger partial charge in [0.2, 0.25) is 0 Å². The summed E-state index contributed by atoms with van der Waals surface area (Å²) in [5.41, 5.74) is 13.4. The van der Waals surface area contributed by atoms with E-state index in [0.717, 1.165) is 84.1 Å². The third-order valence-electron chi connectivity index (χ3n) is 10.4. The number of rotatable bonds is 4. The van der Waals surface area contributed by atoms with Crippen molar-refractivity contribution in [1.82, 2.24) is 9.97 Å². The Morgan fingerprint density at radius 2 is 0.942 bits per heavy atom. The van der Waals surface area contributed by atoms with Gasteiger partial charge in [-0.3, -0.25) is 0 Å². The van der Waals surface area contributed by atoms with Crippen molar-refractivity contribution in [2.24, 2.45) is 0 Å². The highest BCUT2D eigenvalue weighted by molar-refractivity contribution is 5.92. The number of hydrogen-bond donors (Lipinski definition) is 0. The highest BCUT2D eigenvalue weighted by atomic mass is 16.5. The van der Waals surface area contributed by atoms with E-state index >= 15 is 0 Å². The molecule has 0 saturated carbocycles. The molecule has 8 aromatic rings. The molecule has 2 heterocycles. The number of benzene rings is 7. The highest BCUT2D eigenvalue weighted by Crippen LogP contribution is 2.62. The van der Waals surface area contributed by atoms with E-state index in [1.54, 1.807) is 0 Å². The first-order chi connectivity index (χ1) is 25.7. The first kappa shape index (κ1) is 29.8. The number of aromatic nitrogens is 2. The fourth-order valence-corrected chi connectivity index (χ4v) is 8.15. The van der Waals surface area contributed by atoms with Crippen LogP contribution in [0.5, 0.6) is 11.5 Å². The standard InChI is InChI=1S/C48H29N3O/c49-30-31-23-25-36-37-26-24-34(28-42(37)48(41(36)27-31)39-19-9-11-21-45(39)52-46-22-12-10-20-40(46)48)35-17-7-8-18-38(35)47-50-43(32-13-3-1-4-14-32)29-44(51-47)33-15-5-2-6-16-33/h1-29H. The number of fused-ring (bicyclic) bond motifs is 9. The van der Waals surface area contributed by atoms with Crippen LogP contribution in [-0.2, 0) is 5.41 Å². The summed E-state index contributed by atoms with van der Waals surface area (Å²) in [4.78, 5) is 10.4. The van der Waals surface area contributed by atoms with Crippen molar-refractivity contribution in [3.63, 3.8) is 0 Å². The van der Waals surface area contributed by atoms with Crippen LogP contribution in [0.4, 0.5) is 0 Å². The van der Waals surface area contributed by atoms with E-state index in [9.17, 15) is 5.26 Å². The summed E-state index contributed by atoms with van der Waals surface area (Å²) >= 11 is 0. The fraction of sp³-hybridized carbons (Fsp3) is 0.0208. The Labute approximate surface area is 301 Å². The van der Waals surface area contributed by atoms with Crippen molar-refractivity contribution >= 4 is 0 Å². The third kappa shape index (κ3) is 4.47. The van der Waals surface area contributed by atoms with Crippen molar-refractivity contribution in [3.05, 3.63) is 204 Å². The molecule has 0 saturated heterocycles. The minimum absolute atomic E-state index is 0.627. The van der Waals surface area contributed by atoms with Gasteiger partial charge in [0.05, 0.1) is 28.4 Å². The monoisotopic (exact) mass is 663 g/mol. The summed E-state index contributed by atoms with van der Waals surface area (Å²) < 4.78 is 6.56. The van der Waals surface area contributed by atoms with Crippen LogP contribution in [0.2, 0.25) is 0 Å². The lowest BCUT2D eigenvalue weighted by molar-refractivity contribution is 0.436. The van der Waals surface area contributed by atoms with E-state index in [1.165, 1.54) is 0 Å². The lowest BCUT2D eigenvalue weighted by atomic mass is 9.65. The lowest BCUT2D eigenvalue weighted by Gasteiger charge is -2.39. The molecule has 1 aliphatic heterocycles. The van der Waals surface area contributed by atoms with Crippen molar-refractivity contribution < 1.29 is 4.74 Å². The molecule has 242 valence electrons. The van der Waals surface area contributed by atoms with Gasteiger partial charge >= 0.3 is 0 Å². The quantitative estimate of drug-likeness (QED) is 0.188. The maximum absolute atomic E-state index is 10.1. The summed E-state index contributed by atoms with van der Waals surface area (Å²) in [6.45, 7) is 0. The predicted molar refractivity (Wildman–Crippen MR) is 206 cm³/mol. The number of nitrogens with zero attached hydrogens (tertiary/aromatic N) is 3. The summed E-state index contributed by atoms with van der Waals surface area (Å²) in [7, 11) is 0. The Morgan fingerprint density at radius 3 is 1.56 bits per heavy atom. The van der Waals surface area contributed by atoms with Gasteiger partial charge in [-0.05, 0) is 69.8 Å². The molecule has 4 heteroatoms. The summed E-state index contributed by atoms with van der Waals surface area (Å²) in [6, 6.07) is 62.9. The van der Waals surface area contributed by atoms with E-state index in [2.05, 4.69) is 115 Å². The van der Waals surface area contributed by atoms with Crippen molar-refractivity contribution in [2.75, 3.05) is 0 Å². The molecule has 1 aliphatic carbocycles. The van der Waals surface area contributed by atoms with Gasteiger partial charge in [0.1, 0.15) is 11.5 Å². The van der Waals surface area contributed by atoms with Gasteiger partial charge in [0.25, 0.3) is 0 Å². The van der Waals surface area contributed by atoms with Gasteiger partial charge in [0, 0.05) is 27.8 Å². The highest BCUT2D eigenvalue weighted by Gasteiger charge is 2.51. The Hall–Kier alpha value is -7.09. The topological polar surface area (TPSA) is 58.8 Å². The summed E-state index contributed by atoms with van der Waals surface area (Å²) in [5, 5.41) is 10.1. The predicted octanol–water partition coefficient (Wildman–Crippen LogP) is 11.5. The Morgan fingerprint density at radius 1 is 0.423 bits per heavy atom. The van der Waals surface area contributed by atoms with Gasteiger partial charge < -0.3 is 4.74 Å². The van der Waals surface area contributed by atoms with Crippen LogP contribution in [0, 0.1) is 11.3 Å². The third-order valence-corrected chi connectivity index (χ3v) is 10.4. The smallest absolute Gasteiger partial charge is 0.161 e. The van der Waals surface area contributed by atoms with Crippen LogP contribution >= 0.6 is 0 Å². The first-order valence-corrected chi connectivity index (χ1v) is 17.4. The lowest BCUT2D eigenvalue weighted by Crippen LogP contribution is -2.32. The molecule has 1 spiro atoms. The molecule has 7 aromatic carbocycles. The van der Waals surface area contributed by atoms with Gasteiger partial charge in [-0.1, -0.05) is 140 Å². The van der Waals surface area contributed by atoms with Crippen LogP contribution in [-0.4, -0.2) is 9.97 Å². The molecule has 0 N–H and O–H groups in total. The number of nitriles is 1. The minimum atomic E-state index is -0.696. The van der Waals surface area contributed by atoms with Gasteiger partial charge in [-0.2, -0.15) is 5.26 Å². The minimum Gasteiger partial charge on any atom is -0.457 e. The maximum atomic E-state index is 10.1. The molecule has 2 aliphatic rings. The van der Waals surface area contributed by atoms with E-state index < -0.39 is 5.41 Å². The van der Waals surface area contributed by atoms with Crippen LogP contribution in [0.1, 0.15) is 27.8 Å². The van der Waals surface area contributed by atoms with Crippen molar-refractivity contribution in [2.45, 2.75) is 5.41 Å². The zero-order valence-electron chi connectivity index (χ0n) is 28.0. The molecule has 10 rings (SSSR count). The molecule has 1 aromatic heterocycles. The summed E-state index contributed by atoms with van der Waals surface area (Å²) in [5.74, 6) is 2.29. The first-order valence-electron chi connectivity index (χ1n) is 17.4. The molecular weight excluding hydrogens is 635 g/mol. The SMILES string of the molecule is N#Cc1ccc2c(c1)C1(c3ccccc3Oc3ccccc31)c1cc(-c3ccccc3-c3nc(-c4ccccc4)cc(-c4ccccc4)n3)ccc1-2.